The van der Waals surface area contributed by atoms with Gasteiger partial charge in [-0.15, -0.1) is 35.3 Å². The Labute approximate surface area is 188 Å². The van der Waals surface area contributed by atoms with E-state index < -0.39 is 0 Å². The first kappa shape index (κ1) is 24.4. The van der Waals surface area contributed by atoms with E-state index in [4.69, 9.17) is 4.42 Å². The zero-order valence-corrected chi connectivity index (χ0v) is 20.3. The summed E-state index contributed by atoms with van der Waals surface area (Å²) in [7, 11) is 3.44. The average molecular weight is 519 g/mol. The van der Waals surface area contributed by atoms with E-state index in [0.29, 0.717) is 18.4 Å². The van der Waals surface area contributed by atoms with E-state index in [0.717, 1.165) is 18.7 Å². The average Bonchev–Trinajstić information content (AvgIpc) is 3.27. The first-order valence-electron chi connectivity index (χ1n) is 8.95. The number of carbonyl (C=O) groups excluding carboxylic acids is 1. The number of carbonyl (C=O) groups is 1. The molecule has 0 spiro atoms. The minimum absolute atomic E-state index is 0. The molecule has 2 aromatic heterocycles. The number of nitrogens with zero attached hydrogens (tertiary/aromatic N) is 3. The molecule has 28 heavy (non-hydrogen) atoms. The Bertz CT molecular complexity index is 751. The molecule has 2 N–H and O–H groups in total. The van der Waals surface area contributed by atoms with E-state index in [-0.39, 0.29) is 41.8 Å². The second kappa shape index (κ2) is 11.4. The summed E-state index contributed by atoms with van der Waals surface area (Å²) in [5.41, 5.74) is -0.0841. The van der Waals surface area contributed by atoms with Crippen molar-refractivity contribution >= 4 is 47.2 Å². The number of likely N-dealkylation sites (N-methyl/N-ethyl adjacent to an activating group) is 1. The van der Waals surface area contributed by atoms with Crippen molar-refractivity contribution in [2.24, 2.45) is 4.99 Å². The molecule has 9 heteroatoms. The monoisotopic (exact) mass is 519 g/mol. The van der Waals surface area contributed by atoms with Gasteiger partial charge in [0.1, 0.15) is 12.3 Å². The van der Waals surface area contributed by atoms with Crippen LogP contribution in [0.25, 0.3) is 0 Å². The van der Waals surface area contributed by atoms with Gasteiger partial charge in [0, 0.05) is 30.9 Å². The molecular formula is C19H30IN5O2S. The maximum absolute atomic E-state index is 11.8. The van der Waals surface area contributed by atoms with E-state index in [1.165, 1.54) is 9.78 Å². The van der Waals surface area contributed by atoms with Crippen LogP contribution < -0.4 is 10.6 Å². The van der Waals surface area contributed by atoms with Crippen molar-refractivity contribution in [2.45, 2.75) is 39.2 Å². The molecule has 0 aliphatic rings. The number of guanidine groups is 1. The number of oxazole rings is 1. The maximum atomic E-state index is 11.8. The van der Waals surface area contributed by atoms with E-state index in [1.807, 2.05) is 6.07 Å². The number of aliphatic imine (C=N–C) groups is 1. The number of rotatable bonds is 7. The highest BCUT2D eigenvalue weighted by Crippen LogP contribution is 2.22. The van der Waals surface area contributed by atoms with Crippen LogP contribution in [0, 0.1) is 0 Å². The minimum atomic E-state index is -0.0841. The van der Waals surface area contributed by atoms with Crippen LogP contribution in [0.15, 0.2) is 33.1 Å². The van der Waals surface area contributed by atoms with Crippen LogP contribution in [0.2, 0.25) is 0 Å². The molecule has 0 bridgehead atoms. The third-order valence-corrected chi connectivity index (χ3v) is 4.75. The van der Waals surface area contributed by atoms with Gasteiger partial charge in [-0.05, 0) is 17.9 Å². The van der Waals surface area contributed by atoms with Crippen LogP contribution in [0.1, 0.15) is 37.3 Å². The Morgan fingerprint density at radius 1 is 1.32 bits per heavy atom. The van der Waals surface area contributed by atoms with E-state index in [1.54, 1.807) is 31.6 Å². The van der Waals surface area contributed by atoms with Crippen LogP contribution in [-0.4, -0.2) is 48.9 Å². The van der Waals surface area contributed by atoms with Gasteiger partial charge in [0.2, 0.25) is 11.8 Å². The molecule has 0 aromatic carbocycles. The number of hydrogen-bond donors (Lipinski definition) is 2. The van der Waals surface area contributed by atoms with Crippen molar-refractivity contribution in [1.82, 2.24) is 20.5 Å². The van der Waals surface area contributed by atoms with Crippen LogP contribution in [0.3, 0.4) is 0 Å². The molecule has 156 valence electrons. The largest absolute Gasteiger partial charge is 0.443 e. The predicted octanol–water partition coefficient (Wildman–Crippen LogP) is 3.02. The number of thiophene rings is 1. The standard InChI is InChI=1S/C19H29N5O2S.HI/c1-19(2,3)15-11-21-16(26-15)12-22-18(23-13-17(25)24(4)5)20-9-8-14-7-6-10-27-14;/h6-7,10-11H,8-9,12-13H2,1-5H3,(H2,20,22,23);1H. The number of halogens is 1. The second-order valence-corrected chi connectivity index (χ2v) is 8.46. The quantitative estimate of drug-likeness (QED) is 0.334. The lowest BCUT2D eigenvalue weighted by Gasteiger charge is -2.14. The SMILES string of the molecule is CN(C)C(=O)CN=C(NCCc1cccs1)NCc1ncc(C(C)(C)C)o1.I. The predicted molar refractivity (Wildman–Crippen MR) is 124 cm³/mol. The maximum Gasteiger partial charge on any atom is 0.243 e. The Morgan fingerprint density at radius 3 is 2.64 bits per heavy atom. The molecule has 0 radical (unpaired) electrons. The summed E-state index contributed by atoms with van der Waals surface area (Å²) in [6.07, 6.45) is 2.65. The Hall–Kier alpha value is -1.62. The first-order valence-corrected chi connectivity index (χ1v) is 9.83. The number of amides is 1. The van der Waals surface area contributed by atoms with Gasteiger partial charge in [-0.2, -0.15) is 0 Å². The highest BCUT2D eigenvalue weighted by atomic mass is 127. The molecule has 0 fully saturated rings. The van der Waals surface area contributed by atoms with Crippen LogP contribution >= 0.6 is 35.3 Å². The highest BCUT2D eigenvalue weighted by molar-refractivity contribution is 14.0. The molecule has 2 rings (SSSR count). The van der Waals surface area contributed by atoms with Gasteiger partial charge in [0.25, 0.3) is 0 Å². The van der Waals surface area contributed by atoms with Crippen molar-refractivity contribution < 1.29 is 9.21 Å². The molecular weight excluding hydrogens is 489 g/mol. The van der Waals surface area contributed by atoms with E-state index >= 15 is 0 Å². The molecule has 0 atom stereocenters. The summed E-state index contributed by atoms with van der Waals surface area (Å²) < 4.78 is 5.80. The van der Waals surface area contributed by atoms with Gasteiger partial charge < -0.3 is 20.0 Å². The lowest BCUT2D eigenvalue weighted by Crippen LogP contribution is -2.39. The summed E-state index contributed by atoms with van der Waals surface area (Å²) in [5, 5.41) is 8.52. The normalized spacial score (nSPS) is 11.7. The van der Waals surface area contributed by atoms with Crippen molar-refractivity contribution in [2.75, 3.05) is 27.2 Å². The number of nitrogens with one attached hydrogen (secondary N) is 2. The molecule has 0 unspecified atom stereocenters. The minimum Gasteiger partial charge on any atom is -0.443 e. The fraction of sp³-hybridized carbons (Fsp3) is 0.526. The van der Waals surface area contributed by atoms with Crippen LogP contribution in [0.4, 0.5) is 0 Å². The Kier molecular flexibility index (Phi) is 9.94. The van der Waals surface area contributed by atoms with E-state index in [2.05, 4.69) is 52.8 Å². The first-order chi connectivity index (χ1) is 12.8. The fourth-order valence-electron chi connectivity index (χ4n) is 2.12. The third kappa shape index (κ3) is 8.17. The highest BCUT2D eigenvalue weighted by Gasteiger charge is 2.19. The van der Waals surface area contributed by atoms with Crippen LogP contribution in [-0.2, 0) is 23.2 Å². The summed E-state index contributed by atoms with van der Waals surface area (Å²) >= 11 is 1.73. The van der Waals surface area contributed by atoms with E-state index in [9.17, 15) is 4.79 Å². The molecule has 2 heterocycles. The third-order valence-electron chi connectivity index (χ3n) is 3.82. The molecule has 0 saturated heterocycles. The fourth-order valence-corrected chi connectivity index (χ4v) is 2.83. The summed E-state index contributed by atoms with van der Waals surface area (Å²) in [6.45, 7) is 7.45. The molecule has 0 aliphatic carbocycles. The second-order valence-electron chi connectivity index (χ2n) is 7.43. The number of hydrogen-bond acceptors (Lipinski definition) is 5. The van der Waals surface area contributed by atoms with Gasteiger partial charge in [0.05, 0.1) is 12.7 Å². The molecule has 1 amide bonds. The van der Waals surface area contributed by atoms with Gasteiger partial charge in [-0.25, -0.2) is 9.98 Å². The lowest BCUT2D eigenvalue weighted by molar-refractivity contribution is -0.127. The number of aromatic nitrogens is 1. The Morgan fingerprint density at radius 2 is 2.07 bits per heavy atom. The van der Waals surface area contributed by atoms with Gasteiger partial charge in [-0.1, -0.05) is 26.8 Å². The Balaban J connectivity index is 0.00000392. The van der Waals surface area contributed by atoms with Gasteiger partial charge >= 0.3 is 0 Å². The molecule has 0 aliphatic heterocycles. The molecule has 0 saturated carbocycles. The van der Waals surface area contributed by atoms with Crippen molar-refractivity contribution in [3.8, 4) is 0 Å². The van der Waals surface area contributed by atoms with Crippen molar-refractivity contribution in [3.05, 3.63) is 40.2 Å². The van der Waals surface area contributed by atoms with Crippen LogP contribution in [0.5, 0.6) is 0 Å². The summed E-state index contributed by atoms with van der Waals surface area (Å²) in [6, 6.07) is 4.14. The lowest BCUT2D eigenvalue weighted by atomic mass is 9.94. The van der Waals surface area contributed by atoms with Crippen molar-refractivity contribution in [3.63, 3.8) is 0 Å². The van der Waals surface area contributed by atoms with Gasteiger partial charge in [0.15, 0.2) is 5.96 Å². The zero-order valence-electron chi connectivity index (χ0n) is 17.1. The smallest absolute Gasteiger partial charge is 0.243 e. The molecule has 7 nitrogen and oxygen atoms in total. The molecule has 2 aromatic rings. The zero-order chi connectivity index (χ0) is 19.9. The summed E-state index contributed by atoms with van der Waals surface area (Å²) in [4.78, 5) is 23.3. The van der Waals surface area contributed by atoms with Crippen molar-refractivity contribution in [1.29, 1.82) is 0 Å². The topological polar surface area (TPSA) is 82.8 Å². The summed E-state index contributed by atoms with van der Waals surface area (Å²) in [5.74, 6) is 1.94. The van der Waals surface area contributed by atoms with Gasteiger partial charge in [-0.3, -0.25) is 4.79 Å².